The van der Waals surface area contributed by atoms with E-state index < -0.39 is 0 Å². The lowest BCUT2D eigenvalue weighted by molar-refractivity contribution is 0.194. The van der Waals surface area contributed by atoms with Crippen molar-refractivity contribution in [2.45, 2.75) is 32.4 Å². The summed E-state index contributed by atoms with van der Waals surface area (Å²) in [4.78, 5) is 7.16. The van der Waals surface area contributed by atoms with Crippen molar-refractivity contribution in [3.63, 3.8) is 0 Å². The Labute approximate surface area is 126 Å². The van der Waals surface area contributed by atoms with Crippen LogP contribution in [0.1, 0.15) is 25.6 Å². The number of nitrogens with one attached hydrogen (secondary N) is 1. The molecule has 1 aliphatic rings. The second-order valence-corrected chi connectivity index (χ2v) is 5.67. The molecule has 1 saturated heterocycles. The van der Waals surface area contributed by atoms with Gasteiger partial charge in [0.1, 0.15) is 5.82 Å². The first-order valence-corrected chi connectivity index (χ1v) is 7.91. The van der Waals surface area contributed by atoms with Crippen LogP contribution < -0.4 is 5.32 Å². The molecule has 0 spiro atoms. The normalized spacial score (nSPS) is 18.5. The van der Waals surface area contributed by atoms with E-state index in [0.717, 1.165) is 32.0 Å². The lowest BCUT2D eigenvalue weighted by Crippen LogP contribution is -2.37. The standard InChI is InChI=1S/C17H24N4/c1-2-11-20(16-8-9-18-13-16)14-17-19-10-12-21(17)15-6-4-3-5-7-15/h3-7,10,12,16,18H,2,8-9,11,13-14H2,1H3. The van der Waals surface area contributed by atoms with Crippen molar-refractivity contribution >= 4 is 0 Å². The molecule has 0 radical (unpaired) electrons. The molecule has 3 rings (SSSR count). The zero-order valence-electron chi connectivity index (χ0n) is 12.7. The van der Waals surface area contributed by atoms with E-state index in [-0.39, 0.29) is 0 Å². The van der Waals surface area contributed by atoms with Crippen LogP contribution in [-0.4, -0.2) is 40.1 Å². The summed E-state index contributed by atoms with van der Waals surface area (Å²) >= 11 is 0. The van der Waals surface area contributed by atoms with Crippen LogP contribution in [-0.2, 0) is 6.54 Å². The van der Waals surface area contributed by atoms with Gasteiger partial charge >= 0.3 is 0 Å². The second-order valence-electron chi connectivity index (χ2n) is 5.67. The minimum atomic E-state index is 0.644. The molecule has 21 heavy (non-hydrogen) atoms. The third-order valence-electron chi connectivity index (χ3n) is 4.16. The smallest absolute Gasteiger partial charge is 0.127 e. The van der Waals surface area contributed by atoms with E-state index in [0.29, 0.717) is 6.04 Å². The van der Waals surface area contributed by atoms with Gasteiger partial charge in [0.25, 0.3) is 0 Å². The van der Waals surface area contributed by atoms with Crippen LogP contribution in [0.4, 0.5) is 0 Å². The maximum Gasteiger partial charge on any atom is 0.127 e. The van der Waals surface area contributed by atoms with Crippen LogP contribution in [0.15, 0.2) is 42.7 Å². The van der Waals surface area contributed by atoms with Gasteiger partial charge in [-0.1, -0.05) is 25.1 Å². The summed E-state index contributed by atoms with van der Waals surface area (Å²) in [5.74, 6) is 1.13. The maximum absolute atomic E-state index is 4.59. The Hall–Kier alpha value is -1.65. The van der Waals surface area contributed by atoms with Crippen molar-refractivity contribution in [1.82, 2.24) is 19.8 Å². The number of imidazole rings is 1. The van der Waals surface area contributed by atoms with E-state index in [9.17, 15) is 0 Å². The van der Waals surface area contributed by atoms with Crippen LogP contribution in [0.25, 0.3) is 5.69 Å². The Morgan fingerprint density at radius 2 is 2.19 bits per heavy atom. The Kier molecular flexibility index (Phi) is 4.68. The topological polar surface area (TPSA) is 33.1 Å². The highest BCUT2D eigenvalue weighted by molar-refractivity contribution is 5.32. The first-order valence-electron chi connectivity index (χ1n) is 7.91. The molecule has 4 nitrogen and oxygen atoms in total. The summed E-state index contributed by atoms with van der Waals surface area (Å²) in [6.45, 7) is 6.54. The van der Waals surface area contributed by atoms with Gasteiger partial charge in [-0.15, -0.1) is 0 Å². The Bertz CT molecular complexity index is 543. The third kappa shape index (κ3) is 3.34. The van der Waals surface area contributed by atoms with Crippen molar-refractivity contribution in [2.75, 3.05) is 19.6 Å². The molecule has 1 aromatic heterocycles. The zero-order valence-corrected chi connectivity index (χ0v) is 12.7. The molecular formula is C17H24N4. The van der Waals surface area contributed by atoms with Gasteiger partial charge in [0.2, 0.25) is 0 Å². The van der Waals surface area contributed by atoms with E-state index >= 15 is 0 Å². The lowest BCUT2D eigenvalue weighted by Gasteiger charge is -2.27. The molecule has 1 atom stereocenters. The minimum Gasteiger partial charge on any atom is -0.315 e. The van der Waals surface area contributed by atoms with Crippen molar-refractivity contribution in [1.29, 1.82) is 0 Å². The molecule has 0 aliphatic carbocycles. The Balaban J connectivity index is 1.78. The molecule has 1 aromatic carbocycles. The summed E-state index contributed by atoms with van der Waals surface area (Å²) < 4.78 is 2.20. The van der Waals surface area contributed by atoms with E-state index in [4.69, 9.17) is 0 Å². The van der Waals surface area contributed by atoms with Gasteiger partial charge in [0.15, 0.2) is 0 Å². The first-order chi connectivity index (χ1) is 10.4. The number of hydrogen-bond donors (Lipinski definition) is 1. The number of nitrogens with zero attached hydrogens (tertiary/aromatic N) is 3. The summed E-state index contributed by atoms with van der Waals surface area (Å²) in [7, 11) is 0. The number of benzene rings is 1. The third-order valence-corrected chi connectivity index (χ3v) is 4.16. The fourth-order valence-corrected chi connectivity index (χ4v) is 3.09. The molecule has 0 saturated carbocycles. The van der Waals surface area contributed by atoms with Crippen LogP contribution >= 0.6 is 0 Å². The van der Waals surface area contributed by atoms with E-state index in [2.05, 4.69) is 57.2 Å². The summed E-state index contributed by atoms with van der Waals surface area (Å²) in [6.07, 6.45) is 6.38. The van der Waals surface area contributed by atoms with Gasteiger partial charge in [-0.3, -0.25) is 4.90 Å². The van der Waals surface area contributed by atoms with E-state index in [1.54, 1.807) is 0 Å². The van der Waals surface area contributed by atoms with Gasteiger partial charge < -0.3 is 9.88 Å². The first kappa shape index (κ1) is 14.3. The highest BCUT2D eigenvalue weighted by atomic mass is 15.2. The van der Waals surface area contributed by atoms with Crippen LogP contribution in [0.3, 0.4) is 0 Å². The molecule has 1 unspecified atom stereocenters. The second kappa shape index (κ2) is 6.87. The summed E-state index contributed by atoms with van der Waals surface area (Å²) in [5, 5.41) is 3.47. The summed E-state index contributed by atoms with van der Waals surface area (Å²) in [5.41, 5.74) is 1.19. The number of hydrogen-bond acceptors (Lipinski definition) is 3. The molecule has 1 N–H and O–H groups in total. The molecule has 1 aliphatic heterocycles. The molecule has 4 heteroatoms. The van der Waals surface area contributed by atoms with E-state index in [1.807, 2.05) is 12.3 Å². The SMILES string of the molecule is CCCN(Cc1nccn1-c1ccccc1)C1CCNC1. The van der Waals surface area contributed by atoms with E-state index in [1.165, 1.54) is 18.5 Å². The van der Waals surface area contributed by atoms with Gasteiger partial charge in [-0.05, 0) is 38.1 Å². The average molecular weight is 284 g/mol. The maximum atomic E-state index is 4.59. The van der Waals surface area contributed by atoms with Crippen molar-refractivity contribution < 1.29 is 0 Å². The van der Waals surface area contributed by atoms with Gasteiger partial charge in [-0.2, -0.15) is 0 Å². The number of rotatable bonds is 6. The largest absolute Gasteiger partial charge is 0.315 e. The molecular weight excluding hydrogens is 260 g/mol. The quantitative estimate of drug-likeness (QED) is 0.884. The Morgan fingerprint density at radius 1 is 1.33 bits per heavy atom. The Morgan fingerprint density at radius 3 is 2.90 bits per heavy atom. The molecule has 2 aromatic rings. The predicted octanol–water partition coefficient (Wildman–Crippen LogP) is 2.45. The molecule has 0 bridgehead atoms. The zero-order chi connectivity index (χ0) is 14.5. The lowest BCUT2D eigenvalue weighted by atomic mass is 10.2. The van der Waals surface area contributed by atoms with Crippen molar-refractivity contribution in [3.8, 4) is 5.69 Å². The monoisotopic (exact) mass is 284 g/mol. The highest BCUT2D eigenvalue weighted by Crippen LogP contribution is 2.16. The van der Waals surface area contributed by atoms with Crippen molar-refractivity contribution in [3.05, 3.63) is 48.5 Å². The molecule has 2 heterocycles. The highest BCUT2D eigenvalue weighted by Gasteiger charge is 2.23. The molecule has 1 fully saturated rings. The predicted molar refractivity (Wildman–Crippen MR) is 85.5 cm³/mol. The van der Waals surface area contributed by atoms with Gasteiger partial charge in [0.05, 0.1) is 6.54 Å². The fraction of sp³-hybridized carbons (Fsp3) is 0.471. The number of aromatic nitrogens is 2. The van der Waals surface area contributed by atoms with Crippen LogP contribution in [0.5, 0.6) is 0 Å². The fourth-order valence-electron chi connectivity index (χ4n) is 3.09. The van der Waals surface area contributed by atoms with Crippen molar-refractivity contribution in [2.24, 2.45) is 0 Å². The molecule has 0 amide bonds. The average Bonchev–Trinajstić information content (AvgIpc) is 3.19. The van der Waals surface area contributed by atoms with Gasteiger partial charge in [-0.25, -0.2) is 4.98 Å². The minimum absolute atomic E-state index is 0.644. The molecule has 112 valence electrons. The number of para-hydroxylation sites is 1. The van der Waals surface area contributed by atoms with Crippen LogP contribution in [0, 0.1) is 0 Å². The summed E-state index contributed by atoms with van der Waals surface area (Å²) in [6, 6.07) is 11.1. The van der Waals surface area contributed by atoms with Crippen LogP contribution in [0.2, 0.25) is 0 Å². The van der Waals surface area contributed by atoms with Gasteiger partial charge in [0, 0.05) is 30.7 Å².